The SMILES string of the molecule is CC[C@@H](C)c1nc(C)c(Cc2cccc(C)c2)c(N2CCN(C(C)=O)CC2)n1. The maximum absolute atomic E-state index is 11.7. The molecule has 0 spiro atoms. The van der Waals surface area contributed by atoms with Gasteiger partial charge in [0.15, 0.2) is 0 Å². The molecule has 0 bridgehead atoms. The Kier molecular flexibility index (Phi) is 6.32. The fourth-order valence-electron chi connectivity index (χ4n) is 3.73. The van der Waals surface area contributed by atoms with Gasteiger partial charge in [-0.05, 0) is 25.8 Å². The summed E-state index contributed by atoms with van der Waals surface area (Å²) in [6.07, 6.45) is 1.85. The number of hydrogen-bond acceptors (Lipinski definition) is 4. The number of hydrogen-bond donors (Lipinski definition) is 0. The van der Waals surface area contributed by atoms with Crippen LogP contribution in [0, 0.1) is 13.8 Å². The molecular formula is C23H32N4O. The van der Waals surface area contributed by atoms with Crippen molar-refractivity contribution in [3.05, 3.63) is 52.5 Å². The van der Waals surface area contributed by atoms with Crippen LogP contribution in [0.4, 0.5) is 5.82 Å². The van der Waals surface area contributed by atoms with Crippen LogP contribution in [0.2, 0.25) is 0 Å². The van der Waals surface area contributed by atoms with E-state index in [1.807, 2.05) is 4.90 Å². The smallest absolute Gasteiger partial charge is 0.219 e. The van der Waals surface area contributed by atoms with Crippen LogP contribution in [0.3, 0.4) is 0 Å². The van der Waals surface area contributed by atoms with E-state index in [1.54, 1.807) is 6.92 Å². The number of aryl methyl sites for hydroxylation is 2. The molecule has 0 aliphatic carbocycles. The predicted octanol–water partition coefficient (Wildman–Crippen LogP) is 3.87. The van der Waals surface area contributed by atoms with Crippen LogP contribution in [-0.4, -0.2) is 47.0 Å². The summed E-state index contributed by atoms with van der Waals surface area (Å²) in [6.45, 7) is 13.4. The van der Waals surface area contributed by atoms with Gasteiger partial charge in [0, 0.05) is 56.7 Å². The highest BCUT2D eigenvalue weighted by Gasteiger charge is 2.24. The Morgan fingerprint density at radius 2 is 1.86 bits per heavy atom. The Balaban J connectivity index is 1.97. The van der Waals surface area contributed by atoms with Gasteiger partial charge in [-0.1, -0.05) is 43.7 Å². The van der Waals surface area contributed by atoms with Crippen LogP contribution in [-0.2, 0) is 11.2 Å². The second-order valence-electron chi connectivity index (χ2n) is 7.94. The van der Waals surface area contributed by atoms with Crippen LogP contribution in [0.1, 0.15) is 61.3 Å². The Morgan fingerprint density at radius 1 is 1.14 bits per heavy atom. The Labute approximate surface area is 168 Å². The minimum absolute atomic E-state index is 0.152. The Hall–Kier alpha value is -2.43. The number of carbonyl (C=O) groups is 1. The maximum atomic E-state index is 11.7. The molecule has 0 radical (unpaired) electrons. The van der Waals surface area contributed by atoms with Crippen molar-refractivity contribution in [1.29, 1.82) is 0 Å². The van der Waals surface area contributed by atoms with E-state index in [2.05, 4.69) is 56.9 Å². The fraction of sp³-hybridized carbons (Fsp3) is 0.522. The van der Waals surface area contributed by atoms with Gasteiger partial charge in [0.05, 0.1) is 0 Å². The van der Waals surface area contributed by atoms with E-state index >= 15 is 0 Å². The van der Waals surface area contributed by atoms with Crippen molar-refractivity contribution < 1.29 is 4.79 Å². The van der Waals surface area contributed by atoms with Crippen molar-refractivity contribution in [3.63, 3.8) is 0 Å². The molecule has 0 N–H and O–H groups in total. The van der Waals surface area contributed by atoms with Crippen molar-refractivity contribution in [2.45, 2.75) is 53.4 Å². The van der Waals surface area contributed by atoms with Gasteiger partial charge in [-0.25, -0.2) is 9.97 Å². The first-order chi connectivity index (χ1) is 13.4. The average Bonchev–Trinajstić information content (AvgIpc) is 2.68. The van der Waals surface area contributed by atoms with Crippen LogP contribution >= 0.6 is 0 Å². The highest BCUT2D eigenvalue weighted by Crippen LogP contribution is 2.28. The molecule has 5 heteroatoms. The highest BCUT2D eigenvalue weighted by atomic mass is 16.2. The number of aromatic nitrogens is 2. The average molecular weight is 381 g/mol. The second kappa shape index (κ2) is 8.72. The lowest BCUT2D eigenvalue weighted by Crippen LogP contribution is -2.48. The number of anilines is 1. The second-order valence-corrected chi connectivity index (χ2v) is 7.94. The minimum Gasteiger partial charge on any atom is -0.353 e. The summed E-state index contributed by atoms with van der Waals surface area (Å²) >= 11 is 0. The Morgan fingerprint density at radius 3 is 2.46 bits per heavy atom. The van der Waals surface area contributed by atoms with Crippen molar-refractivity contribution in [2.24, 2.45) is 0 Å². The molecule has 1 aromatic heterocycles. The topological polar surface area (TPSA) is 49.3 Å². The summed E-state index contributed by atoms with van der Waals surface area (Å²) < 4.78 is 0. The van der Waals surface area contributed by atoms with Gasteiger partial charge in [-0.15, -0.1) is 0 Å². The first kappa shape index (κ1) is 20.3. The van der Waals surface area contributed by atoms with Gasteiger partial charge in [0.1, 0.15) is 11.6 Å². The van der Waals surface area contributed by atoms with Gasteiger partial charge in [-0.3, -0.25) is 4.79 Å². The number of piperazine rings is 1. The van der Waals surface area contributed by atoms with E-state index in [0.717, 1.165) is 56.4 Å². The van der Waals surface area contributed by atoms with Gasteiger partial charge in [0.25, 0.3) is 0 Å². The highest BCUT2D eigenvalue weighted by molar-refractivity contribution is 5.73. The first-order valence-electron chi connectivity index (χ1n) is 10.3. The third-order valence-corrected chi connectivity index (χ3v) is 5.75. The van der Waals surface area contributed by atoms with Gasteiger partial charge >= 0.3 is 0 Å². The van der Waals surface area contributed by atoms with E-state index in [1.165, 1.54) is 16.7 Å². The first-order valence-corrected chi connectivity index (χ1v) is 10.3. The molecule has 1 aliphatic heterocycles. The van der Waals surface area contributed by atoms with Gasteiger partial charge in [-0.2, -0.15) is 0 Å². The lowest BCUT2D eigenvalue weighted by Gasteiger charge is -2.36. The molecule has 28 heavy (non-hydrogen) atoms. The molecule has 1 fully saturated rings. The van der Waals surface area contributed by atoms with E-state index in [9.17, 15) is 4.79 Å². The lowest BCUT2D eigenvalue weighted by atomic mass is 10.0. The third-order valence-electron chi connectivity index (χ3n) is 5.75. The molecule has 150 valence electrons. The van der Waals surface area contributed by atoms with Gasteiger partial charge in [0.2, 0.25) is 5.91 Å². The molecule has 1 atom stereocenters. The molecule has 0 saturated carbocycles. The summed E-state index contributed by atoms with van der Waals surface area (Å²) in [6, 6.07) is 8.65. The predicted molar refractivity (Wildman–Crippen MR) is 114 cm³/mol. The number of rotatable bonds is 5. The van der Waals surface area contributed by atoms with Gasteiger partial charge < -0.3 is 9.80 Å². The minimum atomic E-state index is 0.152. The fourth-order valence-corrected chi connectivity index (χ4v) is 3.73. The van der Waals surface area contributed by atoms with Crippen molar-refractivity contribution in [1.82, 2.24) is 14.9 Å². The van der Waals surface area contributed by atoms with E-state index in [-0.39, 0.29) is 5.91 Å². The lowest BCUT2D eigenvalue weighted by molar-refractivity contribution is -0.129. The number of carbonyl (C=O) groups excluding carboxylic acids is 1. The van der Waals surface area contributed by atoms with Crippen LogP contribution in [0.25, 0.3) is 0 Å². The molecule has 1 aromatic carbocycles. The third kappa shape index (κ3) is 4.51. The molecule has 1 aliphatic rings. The monoisotopic (exact) mass is 380 g/mol. The largest absolute Gasteiger partial charge is 0.353 e. The van der Waals surface area contributed by atoms with Crippen molar-refractivity contribution >= 4 is 11.7 Å². The molecule has 2 heterocycles. The van der Waals surface area contributed by atoms with E-state index in [0.29, 0.717) is 5.92 Å². The molecule has 0 unspecified atom stereocenters. The van der Waals surface area contributed by atoms with Crippen LogP contribution in [0.15, 0.2) is 24.3 Å². The zero-order valence-corrected chi connectivity index (χ0v) is 17.8. The van der Waals surface area contributed by atoms with Crippen molar-refractivity contribution in [2.75, 3.05) is 31.1 Å². The summed E-state index contributed by atoms with van der Waals surface area (Å²) in [4.78, 5) is 25.8. The Bertz CT molecular complexity index is 840. The molecule has 5 nitrogen and oxygen atoms in total. The zero-order valence-electron chi connectivity index (χ0n) is 17.8. The zero-order chi connectivity index (χ0) is 20.3. The van der Waals surface area contributed by atoms with E-state index < -0.39 is 0 Å². The molecule has 1 amide bonds. The summed E-state index contributed by atoms with van der Waals surface area (Å²) in [5.74, 6) is 2.47. The maximum Gasteiger partial charge on any atom is 0.219 e. The summed E-state index contributed by atoms with van der Waals surface area (Å²) in [7, 11) is 0. The quantitative estimate of drug-likeness (QED) is 0.790. The normalized spacial score (nSPS) is 15.6. The number of benzene rings is 1. The number of nitrogens with zero attached hydrogens (tertiary/aromatic N) is 4. The van der Waals surface area contributed by atoms with Crippen LogP contribution in [0.5, 0.6) is 0 Å². The molecule has 2 aromatic rings. The molecule has 3 rings (SSSR count). The molecule has 1 saturated heterocycles. The summed E-state index contributed by atoms with van der Waals surface area (Å²) in [5, 5.41) is 0. The van der Waals surface area contributed by atoms with E-state index in [4.69, 9.17) is 9.97 Å². The molecular weight excluding hydrogens is 348 g/mol. The summed E-state index contributed by atoms with van der Waals surface area (Å²) in [5.41, 5.74) is 4.82. The van der Waals surface area contributed by atoms with Crippen molar-refractivity contribution in [3.8, 4) is 0 Å². The number of amides is 1. The van der Waals surface area contributed by atoms with Crippen LogP contribution < -0.4 is 4.90 Å². The standard InChI is InChI=1S/C23H32N4O/c1-6-17(3)22-24-18(4)21(15-20-9-7-8-16(2)14-20)23(25-22)27-12-10-26(11-13-27)19(5)28/h7-9,14,17H,6,10-13,15H2,1-5H3/t17-/m1/s1.